The first kappa shape index (κ1) is 18.7. The number of guanidine groups is 1. The van der Waals surface area contributed by atoms with E-state index in [1.54, 1.807) is 7.05 Å². The van der Waals surface area contributed by atoms with Gasteiger partial charge in [0.2, 0.25) is 5.91 Å². The lowest BCUT2D eigenvalue weighted by molar-refractivity contribution is -0.130. The van der Waals surface area contributed by atoms with Crippen LogP contribution < -0.4 is 5.73 Å². The number of thiophene rings is 1. The summed E-state index contributed by atoms with van der Waals surface area (Å²) in [5.41, 5.74) is 8.31. The van der Waals surface area contributed by atoms with Crippen molar-refractivity contribution >= 4 is 39.1 Å². The van der Waals surface area contributed by atoms with Gasteiger partial charge < -0.3 is 10.8 Å². The summed E-state index contributed by atoms with van der Waals surface area (Å²) in [4.78, 5) is 20.3. The van der Waals surface area contributed by atoms with Gasteiger partial charge in [0.25, 0.3) is 0 Å². The number of aliphatic hydroxyl groups is 1. The Labute approximate surface area is 171 Å². The van der Waals surface area contributed by atoms with E-state index in [-0.39, 0.29) is 18.5 Å². The second-order valence-electron chi connectivity index (χ2n) is 7.46. The fourth-order valence-corrected chi connectivity index (χ4v) is 5.51. The Morgan fingerprint density at radius 1 is 1.33 bits per heavy atom. The van der Waals surface area contributed by atoms with Gasteiger partial charge in [-0.1, -0.05) is 24.3 Å². The van der Waals surface area contributed by atoms with E-state index >= 15 is 0 Å². The van der Waals surface area contributed by atoms with E-state index in [2.05, 4.69) is 40.2 Å². The lowest BCUT2D eigenvalue weighted by Crippen LogP contribution is -2.52. The molecule has 27 heavy (non-hydrogen) atoms. The molecule has 0 bridgehead atoms. The zero-order chi connectivity index (χ0) is 19.3. The maximum absolute atomic E-state index is 13.2. The highest BCUT2D eigenvalue weighted by molar-refractivity contribution is 9.11. The van der Waals surface area contributed by atoms with E-state index in [9.17, 15) is 9.90 Å². The molecule has 0 radical (unpaired) electrons. The third-order valence-corrected chi connectivity index (χ3v) is 7.76. The third kappa shape index (κ3) is 3.11. The zero-order valence-electron chi connectivity index (χ0n) is 15.3. The summed E-state index contributed by atoms with van der Waals surface area (Å²) in [5, 5.41) is 9.57. The van der Waals surface area contributed by atoms with Crippen LogP contribution in [-0.2, 0) is 16.9 Å². The molecule has 0 saturated heterocycles. The smallest absolute Gasteiger partial charge is 0.239 e. The number of rotatable bonds is 4. The molecule has 142 valence electrons. The monoisotopic (exact) mass is 447 g/mol. The van der Waals surface area contributed by atoms with Gasteiger partial charge in [0.15, 0.2) is 5.96 Å². The standard InChI is InChI=1S/C20H22BrN3O2S/c1-20(15-9-14(10-25)17(21)27-15)16(18(26)24(2)19(22)23-20)13-7-5-12(6-8-13)11-3-4-11/h5-9,11,16,25H,3-4,10H2,1-2H3,(H2,22,23)/t16-,20+/m0/s1. The molecular formula is C20H22BrN3O2S. The number of nitrogens with two attached hydrogens (primary N) is 1. The topological polar surface area (TPSA) is 78.9 Å². The summed E-state index contributed by atoms with van der Waals surface area (Å²) in [7, 11) is 1.66. The zero-order valence-corrected chi connectivity index (χ0v) is 17.7. The van der Waals surface area contributed by atoms with Gasteiger partial charge in [-0.3, -0.25) is 9.69 Å². The van der Waals surface area contributed by atoms with Crippen LogP contribution in [0.4, 0.5) is 0 Å². The van der Waals surface area contributed by atoms with Crippen molar-refractivity contribution in [3.05, 3.63) is 55.7 Å². The molecule has 1 aliphatic heterocycles. The molecule has 1 aliphatic carbocycles. The van der Waals surface area contributed by atoms with Gasteiger partial charge in [-0.15, -0.1) is 11.3 Å². The summed E-state index contributed by atoms with van der Waals surface area (Å²) in [6.45, 7) is 1.88. The predicted molar refractivity (Wildman–Crippen MR) is 111 cm³/mol. The molecule has 2 aromatic rings. The van der Waals surface area contributed by atoms with Crippen molar-refractivity contribution in [3.63, 3.8) is 0 Å². The second-order valence-corrected chi connectivity index (χ2v) is 9.83. The van der Waals surface area contributed by atoms with E-state index in [0.29, 0.717) is 5.92 Å². The van der Waals surface area contributed by atoms with Gasteiger partial charge in [-0.25, -0.2) is 4.99 Å². The van der Waals surface area contributed by atoms with E-state index in [1.165, 1.54) is 34.6 Å². The summed E-state index contributed by atoms with van der Waals surface area (Å²) >= 11 is 4.99. The quantitative estimate of drug-likeness (QED) is 0.749. The van der Waals surface area contributed by atoms with Gasteiger partial charge in [0, 0.05) is 17.5 Å². The van der Waals surface area contributed by atoms with Crippen molar-refractivity contribution in [1.82, 2.24) is 4.90 Å². The van der Waals surface area contributed by atoms with Crippen LogP contribution in [0.25, 0.3) is 0 Å². The average molecular weight is 448 g/mol. The SMILES string of the molecule is CN1C(=O)[C@H](c2ccc(C3CC3)cc2)[C@@](C)(c2cc(CO)c(Br)s2)N=C1N. The van der Waals surface area contributed by atoms with Gasteiger partial charge in [0.1, 0.15) is 5.54 Å². The van der Waals surface area contributed by atoms with Crippen molar-refractivity contribution in [3.8, 4) is 0 Å². The number of aliphatic imine (C=N–C) groups is 1. The number of carbonyl (C=O) groups excluding carboxylic acids is 1. The Hall–Kier alpha value is -1.70. The van der Waals surface area contributed by atoms with E-state index in [0.717, 1.165) is 19.8 Å². The first-order valence-corrected chi connectivity index (χ1v) is 10.6. The average Bonchev–Trinajstić information content (AvgIpc) is 3.42. The van der Waals surface area contributed by atoms with Gasteiger partial charge in [-0.2, -0.15) is 0 Å². The highest BCUT2D eigenvalue weighted by Crippen LogP contribution is 2.48. The molecule has 0 unspecified atom stereocenters. The van der Waals surface area contributed by atoms with Crippen molar-refractivity contribution in [2.75, 3.05) is 7.05 Å². The summed E-state index contributed by atoms with van der Waals surface area (Å²) in [6, 6.07) is 10.3. The minimum absolute atomic E-state index is 0.0685. The number of nitrogens with zero attached hydrogens (tertiary/aromatic N) is 2. The number of amides is 1. The maximum atomic E-state index is 13.2. The Bertz CT molecular complexity index is 920. The fourth-order valence-electron chi connectivity index (χ4n) is 3.73. The molecule has 4 rings (SSSR count). The highest BCUT2D eigenvalue weighted by atomic mass is 79.9. The van der Waals surface area contributed by atoms with Crippen molar-refractivity contribution in [2.24, 2.45) is 10.7 Å². The molecule has 3 N–H and O–H groups in total. The van der Waals surface area contributed by atoms with Gasteiger partial charge in [0.05, 0.1) is 16.3 Å². The lowest BCUT2D eigenvalue weighted by Gasteiger charge is -2.40. The Morgan fingerprint density at radius 2 is 1.96 bits per heavy atom. The number of likely N-dealkylation sites (N-methyl/N-ethyl adjacent to an activating group) is 1. The molecule has 1 aromatic carbocycles. The van der Waals surface area contributed by atoms with Gasteiger partial charge >= 0.3 is 0 Å². The van der Waals surface area contributed by atoms with Crippen LogP contribution in [0.15, 0.2) is 39.1 Å². The Balaban J connectivity index is 1.83. The van der Waals surface area contributed by atoms with Crippen LogP contribution in [0, 0.1) is 0 Å². The van der Waals surface area contributed by atoms with Crippen LogP contribution in [0.5, 0.6) is 0 Å². The largest absolute Gasteiger partial charge is 0.392 e. The molecule has 1 saturated carbocycles. The van der Waals surface area contributed by atoms with Crippen LogP contribution in [-0.4, -0.2) is 28.9 Å². The molecule has 2 atom stereocenters. The minimum Gasteiger partial charge on any atom is -0.392 e. The van der Waals surface area contributed by atoms with Crippen molar-refractivity contribution in [1.29, 1.82) is 0 Å². The number of carbonyl (C=O) groups is 1. The molecule has 5 nitrogen and oxygen atoms in total. The van der Waals surface area contributed by atoms with E-state index < -0.39 is 11.5 Å². The van der Waals surface area contributed by atoms with Crippen molar-refractivity contribution in [2.45, 2.75) is 43.7 Å². The number of hydrogen-bond acceptors (Lipinski definition) is 5. The summed E-state index contributed by atoms with van der Waals surface area (Å²) in [5.74, 6) is 0.340. The molecule has 1 amide bonds. The second kappa shape index (κ2) is 6.72. The summed E-state index contributed by atoms with van der Waals surface area (Å²) < 4.78 is 0.851. The molecular weight excluding hydrogens is 426 g/mol. The third-order valence-electron chi connectivity index (χ3n) is 5.58. The van der Waals surface area contributed by atoms with Crippen LogP contribution >= 0.6 is 27.3 Å². The lowest BCUT2D eigenvalue weighted by atomic mass is 9.77. The Kier molecular flexibility index (Phi) is 4.64. The first-order chi connectivity index (χ1) is 12.8. The maximum Gasteiger partial charge on any atom is 0.239 e. The van der Waals surface area contributed by atoms with E-state index in [4.69, 9.17) is 10.7 Å². The first-order valence-electron chi connectivity index (χ1n) is 8.97. The minimum atomic E-state index is -0.824. The van der Waals surface area contributed by atoms with Crippen LogP contribution in [0.2, 0.25) is 0 Å². The molecule has 1 fully saturated rings. The molecule has 2 heterocycles. The normalized spacial score (nSPS) is 25.6. The molecule has 7 heteroatoms. The number of aliphatic hydroxyl groups excluding tert-OH is 1. The van der Waals surface area contributed by atoms with Gasteiger partial charge in [-0.05, 0) is 58.8 Å². The molecule has 2 aliphatic rings. The fraction of sp³-hybridized carbons (Fsp3) is 0.400. The summed E-state index contributed by atoms with van der Waals surface area (Å²) in [6.07, 6.45) is 2.49. The number of halogens is 1. The highest BCUT2D eigenvalue weighted by Gasteiger charge is 2.48. The van der Waals surface area contributed by atoms with Crippen LogP contribution in [0.1, 0.15) is 53.2 Å². The van der Waals surface area contributed by atoms with E-state index in [1.807, 2.05) is 13.0 Å². The predicted octanol–water partition coefficient (Wildman–Crippen LogP) is 3.67. The number of hydrogen-bond donors (Lipinski definition) is 2. The van der Waals surface area contributed by atoms with Crippen LogP contribution in [0.3, 0.4) is 0 Å². The molecule has 1 aromatic heterocycles. The number of benzene rings is 1. The van der Waals surface area contributed by atoms with Crippen molar-refractivity contribution < 1.29 is 9.90 Å². The molecule has 0 spiro atoms. The Morgan fingerprint density at radius 3 is 2.52 bits per heavy atom.